The average Bonchev–Trinajstić information content (AvgIpc) is 3.26. The van der Waals surface area contributed by atoms with E-state index in [-0.39, 0.29) is 34.9 Å². The number of aromatic hydroxyl groups is 1. The molecule has 8 heteroatoms. The summed E-state index contributed by atoms with van der Waals surface area (Å²) >= 11 is 0. The number of rotatable bonds is 4. The van der Waals surface area contributed by atoms with Crippen molar-refractivity contribution < 1.29 is 23.6 Å². The lowest BCUT2D eigenvalue weighted by atomic mass is 9.92. The van der Waals surface area contributed by atoms with Crippen LogP contribution in [0.25, 0.3) is 10.9 Å². The van der Waals surface area contributed by atoms with E-state index in [1.807, 2.05) is 0 Å². The van der Waals surface area contributed by atoms with Gasteiger partial charge in [-0.25, -0.2) is 4.39 Å². The number of phenolic OH excluding ortho intramolecular Hbond substituents is 1. The van der Waals surface area contributed by atoms with Gasteiger partial charge in [-0.15, -0.1) is 0 Å². The number of amides is 2. The van der Waals surface area contributed by atoms with Crippen LogP contribution >= 0.6 is 0 Å². The van der Waals surface area contributed by atoms with Crippen molar-refractivity contribution >= 4 is 22.7 Å². The average molecular weight is 409 g/mol. The number of halogens is 1. The zero-order chi connectivity index (χ0) is 20.8. The Hall–Kier alpha value is -3.26. The molecular weight excluding hydrogens is 389 g/mol. The Morgan fingerprint density at radius 2 is 1.80 bits per heavy atom. The molecule has 5 rings (SSSR count). The third-order valence-corrected chi connectivity index (χ3v) is 6.02. The lowest BCUT2D eigenvalue weighted by Crippen LogP contribution is -2.41. The van der Waals surface area contributed by atoms with Gasteiger partial charge in [-0.1, -0.05) is 5.16 Å². The summed E-state index contributed by atoms with van der Waals surface area (Å²) in [6, 6.07) is 8.75. The Balaban J connectivity index is 1.20. The molecule has 0 unspecified atom stereocenters. The molecule has 3 heterocycles. The fourth-order valence-corrected chi connectivity index (χ4v) is 4.37. The molecule has 7 nitrogen and oxygen atoms in total. The molecule has 0 aliphatic carbocycles. The highest BCUT2D eigenvalue weighted by molar-refractivity contribution is 6.21. The van der Waals surface area contributed by atoms with Gasteiger partial charge in [0.05, 0.1) is 11.1 Å². The number of piperidine rings is 1. The molecule has 2 aromatic carbocycles. The van der Waals surface area contributed by atoms with E-state index < -0.39 is 0 Å². The van der Waals surface area contributed by atoms with E-state index >= 15 is 0 Å². The maximum Gasteiger partial charge on any atom is 0.261 e. The number of likely N-dealkylation sites (tertiary alicyclic amines) is 1. The maximum atomic E-state index is 13.4. The van der Waals surface area contributed by atoms with Crippen LogP contribution in [0.1, 0.15) is 45.2 Å². The molecule has 1 aromatic heterocycles. The molecule has 1 fully saturated rings. The van der Waals surface area contributed by atoms with Crippen molar-refractivity contribution in [3.8, 4) is 5.75 Å². The van der Waals surface area contributed by atoms with Crippen molar-refractivity contribution in [2.45, 2.75) is 18.8 Å². The van der Waals surface area contributed by atoms with E-state index in [2.05, 4.69) is 10.1 Å². The topological polar surface area (TPSA) is 86.9 Å². The Morgan fingerprint density at radius 3 is 2.60 bits per heavy atom. The van der Waals surface area contributed by atoms with Gasteiger partial charge in [0.25, 0.3) is 11.8 Å². The zero-order valence-corrected chi connectivity index (χ0v) is 16.2. The van der Waals surface area contributed by atoms with Crippen LogP contribution in [0.3, 0.4) is 0 Å². The van der Waals surface area contributed by atoms with Gasteiger partial charge in [-0.2, -0.15) is 0 Å². The minimum atomic E-state index is -0.360. The predicted molar refractivity (Wildman–Crippen MR) is 106 cm³/mol. The van der Waals surface area contributed by atoms with Gasteiger partial charge in [0, 0.05) is 30.5 Å². The minimum Gasteiger partial charge on any atom is -0.508 e. The first-order valence-corrected chi connectivity index (χ1v) is 9.97. The number of nitrogens with zero attached hydrogens (tertiary/aromatic N) is 3. The van der Waals surface area contributed by atoms with Gasteiger partial charge < -0.3 is 14.5 Å². The van der Waals surface area contributed by atoms with Gasteiger partial charge in [0.2, 0.25) is 0 Å². The predicted octanol–water partition coefficient (Wildman–Crippen LogP) is 3.15. The standard InChI is InChI=1S/C22H20FN3O4/c23-14-1-3-17-19(11-14)24-30-20(17)13-5-7-25(8-6-13)9-10-26-21(28)16-4-2-15(27)12-18(16)22(26)29/h1-4,11-13,27H,5-10H2. The smallest absolute Gasteiger partial charge is 0.261 e. The summed E-state index contributed by atoms with van der Waals surface area (Å²) in [6.07, 6.45) is 1.72. The Kier molecular flexibility index (Phi) is 4.51. The number of hydrogen-bond acceptors (Lipinski definition) is 6. The van der Waals surface area contributed by atoms with Crippen molar-refractivity contribution in [3.63, 3.8) is 0 Å². The first-order valence-electron chi connectivity index (χ1n) is 9.97. The summed E-state index contributed by atoms with van der Waals surface area (Å²) in [5.74, 6) is -0.0303. The first kappa shape index (κ1) is 18.7. The molecule has 0 saturated carbocycles. The molecule has 154 valence electrons. The van der Waals surface area contributed by atoms with E-state index in [1.165, 1.54) is 35.2 Å². The van der Waals surface area contributed by atoms with Crippen LogP contribution in [0, 0.1) is 5.82 Å². The third-order valence-electron chi connectivity index (χ3n) is 6.02. The quantitative estimate of drug-likeness (QED) is 0.666. The van der Waals surface area contributed by atoms with E-state index in [4.69, 9.17) is 4.52 Å². The van der Waals surface area contributed by atoms with E-state index in [0.29, 0.717) is 24.2 Å². The van der Waals surface area contributed by atoms with E-state index in [1.54, 1.807) is 6.07 Å². The highest BCUT2D eigenvalue weighted by Gasteiger charge is 2.36. The second-order valence-corrected chi connectivity index (χ2v) is 7.82. The fourth-order valence-electron chi connectivity index (χ4n) is 4.37. The maximum absolute atomic E-state index is 13.4. The first-order chi connectivity index (χ1) is 14.5. The molecule has 2 amide bonds. The minimum absolute atomic E-state index is 0.0264. The van der Waals surface area contributed by atoms with Gasteiger partial charge >= 0.3 is 0 Å². The van der Waals surface area contributed by atoms with Crippen molar-refractivity contribution in [1.82, 2.24) is 15.0 Å². The number of imide groups is 1. The van der Waals surface area contributed by atoms with Gasteiger partial charge in [-0.05, 0) is 56.3 Å². The summed E-state index contributed by atoms with van der Waals surface area (Å²) < 4.78 is 18.9. The second kappa shape index (κ2) is 7.21. The normalized spacial score (nSPS) is 17.8. The number of hydrogen-bond donors (Lipinski definition) is 1. The van der Waals surface area contributed by atoms with Gasteiger partial charge in [0.15, 0.2) is 0 Å². The summed E-state index contributed by atoms with van der Waals surface area (Å²) in [6.45, 7) is 2.50. The molecule has 0 spiro atoms. The fraction of sp³-hybridized carbons (Fsp3) is 0.318. The SMILES string of the molecule is O=C1c2ccc(O)cc2C(=O)N1CCN1CCC(c2onc3cc(F)ccc23)CC1. The van der Waals surface area contributed by atoms with Crippen molar-refractivity contribution in [3.05, 3.63) is 59.1 Å². The second-order valence-electron chi connectivity index (χ2n) is 7.82. The lowest BCUT2D eigenvalue weighted by Gasteiger charge is -2.31. The zero-order valence-electron chi connectivity index (χ0n) is 16.2. The number of fused-ring (bicyclic) bond motifs is 2. The summed E-state index contributed by atoms with van der Waals surface area (Å²) in [4.78, 5) is 28.5. The molecule has 2 aliphatic heterocycles. The molecule has 1 N–H and O–H groups in total. The van der Waals surface area contributed by atoms with E-state index in [9.17, 15) is 19.1 Å². The molecule has 2 aliphatic rings. The van der Waals surface area contributed by atoms with Crippen LogP contribution < -0.4 is 0 Å². The van der Waals surface area contributed by atoms with Crippen LogP contribution in [0.5, 0.6) is 5.75 Å². The van der Waals surface area contributed by atoms with E-state index in [0.717, 1.165) is 37.1 Å². The van der Waals surface area contributed by atoms with Crippen molar-refractivity contribution in [1.29, 1.82) is 0 Å². The summed E-state index contributed by atoms with van der Waals surface area (Å²) in [5.41, 5.74) is 1.13. The number of aromatic nitrogens is 1. The Bertz CT molecular complexity index is 1150. The molecule has 0 radical (unpaired) electrons. The number of benzene rings is 2. The number of phenols is 1. The third kappa shape index (κ3) is 3.13. The van der Waals surface area contributed by atoms with Gasteiger partial charge in [0.1, 0.15) is 22.8 Å². The number of carbonyl (C=O) groups excluding carboxylic acids is 2. The molecule has 0 atom stereocenters. The Morgan fingerprint density at radius 1 is 1.03 bits per heavy atom. The van der Waals surface area contributed by atoms with Crippen molar-refractivity contribution in [2.75, 3.05) is 26.2 Å². The molecule has 0 bridgehead atoms. The lowest BCUT2D eigenvalue weighted by molar-refractivity contribution is 0.0628. The van der Waals surface area contributed by atoms with Crippen LogP contribution in [-0.4, -0.2) is 58.1 Å². The van der Waals surface area contributed by atoms with Crippen LogP contribution in [0.2, 0.25) is 0 Å². The highest BCUT2D eigenvalue weighted by atomic mass is 19.1. The highest BCUT2D eigenvalue weighted by Crippen LogP contribution is 2.33. The summed E-state index contributed by atoms with van der Waals surface area (Å²) in [7, 11) is 0. The number of carbonyl (C=O) groups is 2. The molecule has 3 aromatic rings. The largest absolute Gasteiger partial charge is 0.508 e. The van der Waals surface area contributed by atoms with Crippen LogP contribution in [0.15, 0.2) is 40.9 Å². The van der Waals surface area contributed by atoms with Crippen molar-refractivity contribution in [2.24, 2.45) is 0 Å². The molecule has 1 saturated heterocycles. The monoisotopic (exact) mass is 409 g/mol. The van der Waals surface area contributed by atoms with Crippen LogP contribution in [-0.2, 0) is 0 Å². The summed E-state index contributed by atoms with van der Waals surface area (Å²) in [5, 5.41) is 14.4. The van der Waals surface area contributed by atoms with Gasteiger partial charge in [-0.3, -0.25) is 14.5 Å². The Labute approximate surface area is 171 Å². The molecular formula is C22H20FN3O4. The molecule has 30 heavy (non-hydrogen) atoms. The van der Waals surface area contributed by atoms with Crippen LogP contribution in [0.4, 0.5) is 4.39 Å².